The fourth-order valence-corrected chi connectivity index (χ4v) is 2.18. The topological polar surface area (TPSA) is 58.4 Å². The summed E-state index contributed by atoms with van der Waals surface area (Å²) in [6, 6.07) is 0. The normalized spacial score (nSPS) is 15.8. The molecule has 1 aromatic rings. The summed E-state index contributed by atoms with van der Waals surface area (Å²) in [5.41, 5.74) is 2.30. The standard InChI is InChI=1S/C12H19N3O2/c1-12(2,3)7-15-8-13-9-6-14(11(16)17)5-4-10(9)15/h8H,4-7H2,1-3H3,(H,16,17). The van der Waals surface area contributed by atoms with Crippen LogP contribution in [0.4, 0.5) is 4.79 Å². The van der Waals surface area contributed by atoms with Crippen LogP contribution in [0.25, 0.3) is 0 Å². The molecule has 17 heavy (non-hydrogen) atoms. The Morgan fingerprint density at radius 3 is 2.82 bits per heavy atom. The van der Waals surface area contributed by atoms with Crippen molar-refractivity contribution in [2.45, 2.75) is 40.3 Å². The maximum Gasteiger partial charge on any atom is 0.407 e. The number of carboxylic acid groups (broad SMARTS) is 1. The zero-order chi connectivity index (χ0) is 12.6. The number of imidazole rings is 1. The first-order valence-electron chi connectivity index (χ1n) is 5.87. The van der Waals surface area contributed by atoms with Crippen LogP contribution in [0, 0.1) is 5.41 Å². The van der Waals surface area contributed by atoms with E-state index in [1.54, 1.807) is 0 Å². The van der Waals surface area contributed by atoms with Crippen molar-refractivity contribution in [3.05, 3.63) is 17.7 Å². The Bertz CT molecular complexity index is 431. The van der Waals surface area contributed by atoms with Crippen molar-refractivity contribution >= 4 is 6.09 Å². The van der Waals surface area contributed by atoms with Crippen LogP contribution >= 0.6 is 0 Å². The van der Waals surface area contributed by atoms with Gasteiger partial charge in [-0.25, -0.2) is 9.78 Å². The summed E-state index contributed by atoms with van der Waals surface area (Å²) in [6.45, 7) is 8.46. The van der Waals surface area contributed by atoms with E-state index in [1.165, 1.54) is 10.6 Å². The lowest BCUT2D eigenvalue weighted by Crippen LogP contribution is -2.35. The summed E-state index contributed by atoms with van der Waals surface area (Å²) in [5, 5.41) is 8.95. The molecule has 5 nitrogen and oxygen atoms in total. The lowest BCUT2D eigenvalue weighted by Gasteiger charge is -2.26. The first-order valence-corrected chi connectivity index (χ1v) is 5.87. The Balaban J connectivity index is 2.18. The van der Waals surface area contributed by atoms with E-state index in [1.807, 2.05) is 6.33 Å². The Hall–Kier alpha value is -1.52. The van der Waals surface area contributed by atoms with Crippen LogP contribution in [-0.2, 0) is 19.5 Å². The van der Waals surface area contributed by atoms with E-state index in [0.717, 1.165) is 18.7 Å². The number of hydrogen-bond donors (Lipinski definition) is 1. The third kappa shape index (κ3) is 2.60. The molecule has 0 aliphatic carbocycles. The van der Waals surface area contributed by atoms with Crippen molar-refractivity contribution in [2.24, 2.45) is 5.41 Å². The second-order valence-corrected chi connectivity index (χ2v) is 5.78. The number of fused-ring (bicyclic) bond motifs is 1. The van der Waals surface area contributed by atoms with E-state index in [2.05, 4.69) is 30.3 Å². The molecule has 1 amide bonds. The van der Waals surface area contributed by atoms with Crippen molar-refractivity contribution in [3.63, 3.8) is 0 Å². The van der Waals surface area contributed by atoms with E-state index in [9.17, 15) is 4.79 Å². The van der Waals surface area contributed by atoms with Crippen LogP contribution in [0.1, 0.15) is 32.2 Å². The zero-order valence-electron chi connectivity index (χ0n) is 10.6. The summed E-state index contributed by atoms with van der Waals surface area (Å²) in [7, 11) is 0. The summed E-state index contributed by atoms with van der Waals surface area (Å²) in [5.74, 6) is 0. The Labute approximate surface area is 101 Å². The summed E-state index contributed by atoms with van der Waals surface area (Å²) in [4.78, 5) is 16.6. The van der Waals surface area contributed by atoms with E-state index < -0.39 is 6.09 Å². The lowest BCUT2D eigenvalue weighted by molar-refractivity contribution is 0.138. The average Bonchev–Trinajstić information content (AvgIpc) is 2.58. The van der Waals surface area contributed by atoms with Crippen molar-refractivity contribution in [1.82, 2.24) is 14.5 Å². The minimum atomic E-state index is -0.860. The minimum absolute atomic E-state index is 0.207. The van der Waals surface area contributed by atoms with E-state index in [4.69, 9.17) is 5.11 Å². The van der Waals surface area contributed by atoms with Crippen LogP contribution in [-0.4, -0.2) is 32.2 Å². The molecule has 94 valence electrons. The maximum atomic E-state index is 10.9. The average molecular weight is 237 g/mol. The quantitative estimate of drug-likeness (QED) is 0.812. The van der Waals surface area contributed by atoms with Gasteiger partial charge >= 0.3 is 6.09 Å². The third-order valence-electron chi connectivity index (χ3n) is 2.91. The highest BCUT2D eigenvalue weighted by Gasteiger charge is 2.25. The molecule has 1 N–H and O–H groups in total. The van der Waals surface area contributed by atoms with E-state index in [0.29, 0.717) is 13.1 Å². The van der Waals surface area contributed by atoms with Crippen LogP contribution in [0.15, 0.2) is 6.33 Å². The Morgan fingerprint density at radius 2 is 2.24 bits per heavy atom. The molecule has 0 saturated heterocycles. The second kappa shape index (κ2) is 4.05. The molecular weight excluding hydrogens is 218 g/mol. The van der Waals surface area contributed by atoms with Gasteiger partial charge in [0.2, 0.25) is 0 Å². The zero-order valence-corrected chi connectivity index (χ0v) is 10.6. The van der Waals surface area contributed by atoms with Gasteiger partial charge in [-0.2, -0.15) is 0 Å². The largest absolute Gasteiger partial charge is 0.465 e. The molecule has 1 aromatic heterocycles. The highest BCUT2D eigenvalue weighted by atomic mass is 16.4. The first kappa shape index (κ1) is 12.0. The molecule has 5 heteroatoms. The van der Waals surface area contributed by atoms with Gasteiger partial charge in [-0.05, 0) is 5.41 Å². The predicted octanol–water partition coefficient (Wildman–Crippen LogP) is 1.97. The van der Waals surface area contributed by atoms with Crippen LogP contribution in [0.3, 0.4) is 0 Å². The van der Waals surface area contributed by atoms with Crippen molar-refractivity contribution in [1.29, 1.82) is 0 Å². The highest BCUT2D eigenvalue weighted by molar-refractivity contribution is 5.65. The molecule has 1 aliphatic rings. The molecule has 0 radical (unpaired) electrons. The summed E-state index contributed by atoms with van der Waals surface area (Å²) in [6.07, 6.45) is 1.74. The van der Waals surface area contributed by atoms with Crippen LogP contribution in [0.5, 0.6) is 0 Å². The van der Waals surface area contributed by atoms with Crippen LogP contribution in [0.2, 0.25) is 0 Å². The smallest absolute Gasteiger partial charge is 0.407 e. The number of amides is 1. The van der Waals surface area contributed by atoms with Gasteiger partial charge in [0.25, 0.3) is 0 Å². The molecule has 0 aromatic carbocycles. The first-order chi connectivity index (χ1) is 7.87. The number of aromatic nitrogens is 2. The van der Waals surface area contributed by atoms with E-state index in [-0.39, 0.29) is 5.41 Å². The Morgan fingerprint density at radius 1 is 1.53 bits per heavy atom. The third-order valence-corrected chi connectivity index (χ3v) is 2.91. The van der Waals surface area contributed by atoms with Gasteiger partial charge in [-0.3, -0.25) is 0 Å². The number of rotatable bonds is 1. The van der Waals surface area contributed by atoms with Crippen LogP contribution < -0.4 is 0 Å². The minimum Gasteiger partial charge on any atom is -0.465 e. The van der Waals surface area contributed by atoms with Gasteiger partial charge in [0, 0.05) is 25.2 Å². The predicted molar refractivity (Wildman–Crippen MR) is 63.8 cm³/mol. The molecule has 0 bridgehead atoms. The fraction of sp³-hybridized carbons (Fsp3) is 0.667. The molecule has 0 spiro atoms. The van der Waals surface area contributed by atoms with Gasteiger partial charge in [-0.15, -0.1) is 0 Å². The highest BCUT2D eigenvalue weighted by Crippen LogP contribution is 2.22. The molecule has 2 heterocycles. The van der Waals surface area contributed by atoms with Crippen molar-refractivity contribution in [2.75, 3.05) is 6.54 Å². The Kier molecular flexibility index (Phi) is 2.85. The van der Waals surface area contributed by atoms with Gasteiger partial charge in [0.15, 0.2) is 0 Å². The number of nitrogens with zero attached hydrogens (tertiary/aromatic N) is 3. The maximum absolute atomic E-state index is 10.9. The van der Waals surface area contributed by atoms with Gasteiger partial charge < -0.3 is 14.6 Å². The van der Waals surface area contributed by atoms with Gasteiger partial charge in [-0.1, -0.05) is 20.8 Å². The number of hydrogen-bond acceptors (Lipinski definition) is 2. The monoisotopic (exact) mass is 237 g/mol. The number of carbonyl (C=O) groups is 1. The van der Waals surface area contributed by atoms with E-state index >= 15 is 0 Å². The molecular formula is C12H19N3O2. The van der Waals surface area contributed by atoms with Crippen molar-refractivity contribution in [3.8, 4) is 0 Å². The summed E-state index contributed by atoms with van der Waals surface area (Å²) < 4.78 is 2.16. The molecule has 0 fully saturated rings. The van der Waals surface area contributed by atoms with Crippen molar-refractivity contribution < 1.29 is 9.90 Å². The van der Waals surface area contributed by atoms with Gasteiger partial charge in [0.1, 0.15) is 0 Å². The molecule has 2 rings (SSSR count). The molecule has 0 saturated carbocycles. The van der Waals surface area contributed by atoms with Gasteiger partial charge in [0.05, 0.1) is 18.6 Å². The fourth-order valence-electron chi connectivity index (χ4n) is 2.18. The summed E-state index contributed by atoms with van der Waals surface area (Å²) >= 11 is 0. The molecule has 1 aliphatic heterocycles. The molecule has 0 atom stereocenters. The lowest BCUT2D eigenvalue weighted by atomic mass is 9.96. The SMILES string of the molecule is CC(C)(C)Cn1cnc2c1CCN(C(=O)O)C2. The second-order valence-electron chi connectivity index (χ2n) is 5.78. The molecule has 0 unspecified atom stereocenters.